The summed E-state index contributed by atoms with van der Waals surface area (Å²) >= 11 is 0. The molecule has 1 saturated heterocycles. The maximum Gasteiger partial charge on any atom is 0.193 e. The van der Waals surface area contributed by atoms with Gasteiger partial charge in [0.2, 0.25) is 0 Å². The first-order valence-electron chi connectivity index (χ1n) is 9.97. The summed E-state index contributed by atoms with van der Waals surface area (Å²) in [4.78, 5) is 8.92. The SMILES string of the molecule is CN=C(NCCc1ccc(N(C)C)cc1)N1CCOC(c2ccccc2C)C1. The fourth-order valence-electron chi connectivity index (χ4n) is 3.59. The second kappa shape index (κ2) is 9.60. The minimum atomic E-state index is 0.0899. The van der Waals surface area contributed by atoms with Crippen LogP contribution in [0.5, 0.6) is 0 Å². The molecular weight excluding hydrogens is 348 g/mol. The topological polar surface area (TPSA) is 40.1 Å². The van der Waals surface area contributed by atoms with Crippen LogP contribution < -0.4 is 10.2 Å². The highest BCUT2D eigenvalue weighted by molar-refractivity contribution is 5.80. The van der Waals surface area contributed by atoms with Crippen LogP contribution in [0.1, 0.15) is 22.8 Å². The average Bonchev–Trinajstić information content (AvgIpc) is 2.72. The Balaban J connectivity index is 1.55. The third-order valence-corrected chi connectivity index (χ3v) is 5.26. The molecular formula is C23H32N4O. The van der Waals surface area contributed by atoms with Gasteiger partial charge in [-0.3, -0.25) is 4.99 Å². The fraction of sp³-hybridized carbons (Fsp3) is 0.435. The molecule has 1 aliphatic rings. The van der Waals surface area contributed by atoms with Gasteiger partial charge in [0.05, 0.1) is 13.2 Å². The molecule has 0 aliphatic carbocycles. The Morgan fingerprint density at radius 1 is 1.18 bits per heavy atom. The standard InChI is InChI=1S/C23H32N4O/c1-18-7-5-6-8-21(18)22-17-27(15-16-28-22)23(24-2)25-14-13-19-9-11-20(12-10-19)26(3)4/h5-12,22H,13-17H2,1-4H3,(H,24,25). The van der Waals surface area contributed by atoms with Crippen LogP contribution in [-0.4, -0.2) is 58.2 Å². The molecule has 0 amide bonds. The molecule has 28 heavy (non-hydrogen) atoms. The zero-order valence-corrected chi connectivity index (χ0v) is 17.5. The number of rotatable bonds is 5. The predicted molar refractivity (Wildman–Crippen MR) is 117 cm³/mol. The van der Waals surface area contributed by atoms with E-state index in [0.29, 0.717) is 6.61 Å². The zero-order chi connectivity index (χ0) is 19.9. The molecule has 2 aromatic carbocycles. The maximum absolute atomic E-state index is 6.05. The Morgan fingerprint density at radius 2 is 1.93 bits per heavy atom. The first-order valence-corrected chi connectivity index (χ1v) is 9.97. The Labute approximate surface area is 169 Å². The van der Waals surface area contributed by atoms with Crippen molar-refractivity contribution < 1.29 is 4.74 Å². The van der Waals surface area contributed by atoms with E-state index in [1.165, 1.54) is 22.4 Å². The predicted octanol–water partition coefficient (Wildman–Crippen LogP) is 3.25. The number of morpholine rings is 1. The van der Waals surface area contributed by atoms with Gasteiger partial charge < -0.3 is 19.9 Å². The van der Waals surface area contributed by atoms with Gasteiger partial charge in [-0.2, -0.15) is 0 Å². The van der Waals surface area contributed by atoms with Gasteiger partial charge in [-0.15, -0.1) is 0 Å². The van der Waals surface area contributed by atoms with Crippen LogP contribution in [-0.2, 0) is 11.2 Å². The lowest BCUT2D eigenvalue weighted by Crippen LogP contribution is -2.48. The molecule has 1 heterocycles. The van der Waals surface area contributed by atoms with Crippen LogP contribution in [0.2, 0.25) is 0 Å². The van der Waals surface area contributed by atoms with Gasteiger partial charge in [0.25, 0.3) is 0 Å². The number of hydrogen-bond donors (Lipinski definition) is 1. The van der Waals surface area contributed by atoms with Crippen molar-refractivity contribution in [3.8, 4) is 0 Å². The van der Waals surface area contributed by atoms with E-state index in [9.17, 15) is 0 Å². The van der Waals surface area contributed by atoms with Gasteiger partial charge in [0.15, 0.2) is 5.96 Å². The molecule has 1 fully saturated rings. The summed E-state index contributed by atoms with van der Waals surface area (Å²) in [5, 5.41) is 3.52. The first-order chi connectivity index (χ1) is 13.6. The largest absolute Gasteiger partial charge is 0.378 e. The normalized spacial score (nSPS) is 17.5. The highest BCUT2D eigenvalue weighted by Gasteiger charge is 2.24. The summed E-state index contributed by atoms with van der Waals surface area (Å²) in [6.07, 6.45) is 1.06. The summed E-state index contributed by atoms with van der Waals surface area (Å²) in [6.45, 7) is 5.40. The van der Waals surface area contributed by atoms with E-state index in [4.69, 9.17) is 4.74 Å². The van der Waals surface area contributed by atoms with E-state index in [-0.39, 0.29) is 6.10 Å². The van der Waals surface area contributed by atoms with Gasteiger partial charge in [-0.1, -0.05) is 36.4 Å². The minimum Gasteiger partial charge on any atom is -0.378 e. The number of ether oxygens (including phenoxy) is 1. The van der Waals surface area contributed by atoms with Crippen LogP contribution in [0.4, 0.5) is 5.69 Å². The van der Waals surface area contributed by atoms with Crippen LogP contribution in [0.25, 0.3) is 0 Å². The molecule has 1 atom stereocenters. The smallest absolute Gasteiger partial charge is 0.193 e. The molecule has 0 radical (unpaired) electrons. The number of nitrogens with one attached hydrogen (secondary N) is 1. The number of nitrogens with zero attached hydrogens (tertiary/aromatic N) is 3. The van der Waals surface area contributed by atoms with E-state index >= 15 is 0 Å². The molecule has 5 heteroatoms. The maximum atomic E-state index is 6.05. The molecule has 0 saturated carbocycles. The van der Waals surface area contributed by atoms with Crippen molar-refractivity contribution in [1.82, 2.24) is 10.2 Å². The highest BCUT2D eigenvalue weighted by atomic mass is 16.5. The number of hydrogen-bond acceptors (Lipinski definition) is 3. The summed E-state index contributed by atoms with van der Waals surface area (Å²) in [7, 11) is 5.98. The second-order valence-corrected chi connectivity index (χ2v) is 7.45. The molecule has 1 aliphatic heterocycles. The van der Waals surface area contributed by atoms with Crippen LogP contribution in [0, 0.1) is 6.92 Å². The monoisotopic (exact) mass is 380 g/mol. The number of aryl methyl sites for hydroxylation is 1. The van der Waals surface area contributed by atoms with E-state index in [1.54, 1.807) is 0 Å². The molecule has 3 rings (SSSR count). The molecule has 150 valence electrons. The molecule has 5 nitrogen and oxygen atoms in total. The number of benzene rings is 2. The van der Waals surface area contributed by atoms with E-state index in [0.717, 1.165) is 32.0 Å². The van der Waals surface area contributed by atoms with Gasteiger partial charge in [-0.25, -0.2) is 0 Å². The molecule has 0 spiro atoms. The summed E-state index contributed by atoms with van der Waals surface area (Å²) < 4.78 is 6.05. The van der Waals surface area contributed by atoms with Crippen LogP contribution in [0.3, 0.4) is 0 Å². The molecule has 1 unspecified atom stereocenters. The lowest BCUT2D eigenvalue weighted by molar-refractivity contribution is -0.00829. The molecule has 0 aromatic heterocycles. The van der Waals surface area contributed by atoms with Crippen molar-refractivity contribution in [3.63, 3.8) is 0 Å². The Kier molecular flexibility index (Phi) is 6.93. The number of anilines is 1. The lowest BCUT2D eigenvalue weighted by atomic mass is 10.0. The van der Waals surface area contributed by atoms with E-state index in [1.807, 2.05) is 7.05 Å². The Hall–Kier alpha value is -2.53. The third-order valence-electron chi connectivity index (χ3n) is 5.26. The van der Waals surface area contributed by atoms with E-state index < -0.39 is 0 Å². The van der Waals surface area contributed by atoms with Crippen molar-refractivity contribution in [3.05, 3.63) is 65.2 Å². The van der Waals surface area contributed by atoms with Crippen molar-refractivity contribution in [2.75, 3.05) is 52.3 Å². The van der Waals surface area contributed by atoms with Crippen LogP contribution in [0.15, 0.2) is 53.5 Å². The molecule has 0 bridgehead atoms. The van der Waals surface area contributed by atoms with Gasteiger partial charge >= 0.3 is 0 Å². The van der Waals surface area contributed by atoms with Gasteiger partial charge in [-0.05, 0) is 42.2 Å². The zero-order valence-electron chi connectivity index (χ0n) is 17.5. The van der Waals surface area contributed by atoms with Crippen molar-refractivity contribution in [1.29, 1.82) is 0 Å². The summed E-state index contributed by atoms with van der Waals surface area (Å²) in [6, 6.07) is 17.2. The molecule has 2 aromatic rings. The fourth-order valence-corrected chi connectivity index (χ4v) is 3.59. The van der Waals surface area contributed by atoms with E-state index in [2.05, 4.69) is 89.7 Å². The third kappa shape index (κ3) is 5.04. The Morgan fingerprint density at radius 3 is 2.61 bits per heavy atom. The number of guanidine groups is 1. The quantitative estimate of drug-likeness (QED) is 0.639. The average molecular weight is 381 g/mol. The lowest BCUT2D eigenvalue weighted by Gasteiger charge is -2.35. The van der Waals surface area contributed by atoms with Gasteiger partial charge in [0.1, 0.15) is 6.10 Å². The van der Waals surface area contributed by atoms with Crippen molar-refractivity contribution >= 4 is 11.6 Å². The Bertz CT molecular complexity index is 785. The van der Waals surface area contributed by atoms with Crippen molar-refractivity contribution in [2.45, 2.75) is 19.4 Å². The summed E-state index contributed by atoms with van der Waals surface area (Å²) in [5.41, 5.74) is 5.10. The van der Waals surface area contributed by atoms with Crippen LogP contribution >= 0.6 is 0 Å². The molecule has 1 N–H and O–H groups in total. The van der Waals surface area contributed by atoms with Crippen molar-refractivity contribution in [2.24, 2.45) is 4.99 Å². The first kappa shape index (κ1) is 20.2. The number of aliphatic imine (C=N–C) groups is 1. The summed E-state index contributed by atoms with van der Waals surface area (Å²) in [5.74, 6) is 0.951. The second-order valence-electron chi connectivity index (χ2n) is 7.45. The van der Waals surface area contributed by atoms with Gasteiger partial charge in [0, 0.05) is 39.9 Å². The minimum absolute atomic E-state index is 0.0899. The highest BCUT2D eigenvalue weighted by Crippen LogP contribution is 2.25.